The van der Waals surface area contributed by atoms with Crippen LogP contribution in [0.15, 0.2) is 0 Å². The van der Waals surface area contributed by atoms with Crippen molar-refractivity contribution in [3.05, 3.63) is 0 Å². The molecule has 1 atom stereocenters. The Kier molecular flexibility index (Phi) is 24.7. The summed E-state index contributed by atoms with van der Waals surface area (Å²) in [5, 5.41) is 0. The molecule has 0 aliphatic heterocycles. The molecule has 0 aromatic carbocycles. The third-order valence-corrected chi connectivity index (χ3v) is 6.59. The van der Waals surface area contributed by atoms with Gasteiger partial charge in [0.2, 0.25) is 0 Å². The highest BCUT2D eigenvalue weighted by molar-refractivity contribution is 5.69. The molecule has 0 N–H and O–H groups in total. The molecule has 0 aliphatic rings. The van der Waals surface area contributed by atoms with Crippen LogP contribution in [0.2, 0.25) is 0 Å². The summed E-state index contributed by atoms with van der Waals surface area (Å²) in [6.07, 6.45) is 24.7. The number of carbonyl (C=O) groups is 2. The standard InChI is InChI=1S/C29H56O4/c1-4-7-23-27(5-2)26-33-29(31)25-22-20-18-16-14-12-10-8-9-11-13-15-17-19-21-24-28(30)32-6-3/h27H,4-26H2,1-3H3. The van der Waals surface area contributed by atoms with Gasteiger partial charge in [-0.05, 0) is 32.1 Å². The molecule has 0 fully saturated rings. The van der Waals surface area contributed by atoms with E-state index >= 15 is 0 Å². The maximum atomic E-state index is 11.9. The first-order valence-electron chi connectivity index (χ1n) is 14.4. The van der Waals surface area contributed by atoms with Gasteiger partial charge in [-0.15, -0.1) is 0 Å². The molecule has 33 heavy (non-hydrogen) atoms. The molecule has 0 saturated carbocycles. The maximum absolute atomic E-state index is 11.9. The summed E-state index contributed by atoms with van der Waals surface area (Å²) < 4.78 is 10.4. The van der Waals surface area contributed by atoms with Gasteiger partial charge in [0.15, 0.2) is 0 Å². The lowest BCUT2D eigenvalue weighted by atomic mass is 10.0. The molecule has 0 saturated heterocycles. The molecule has 0 heterocycles. The summed E-state index contributed by atoms with van der Waals surface area (Å²) in [5.74, 6) is 0.500. The van der Waals surface area contributed by atoms with Crippen LogP contribution in [0, 0.1) is 5.92 Å². The van der Waals surface area contributed by atoms with Gasteiger partial charge in [-0.3, -0.25) is 9.59 Å². The lowest BCUT2D eigenvalue weighted by molar-refractivity contribution is -0.145. The molecule has 0 rings (SSSR count). The summed E-state index contributed by atoms with van der Waals surface area (Å²) >= 11 is 0. The predicted molar refractivity (Wildman–Crippen MR) is 139 cm³/mol. The van der Waals surface area contributed by atoms with Gasteiger partial charge in [0, 0.05) is 12.8 Å². The molecule has 4 heteroatoms. The number of carbonyl (C=O) groups excluding carboxylic acids is 2. The number of hydrogen-bond acceptors (Lipinski definition) is 4. The van der Waals surface area contributed by atoms with Crippen molar-refractivity contribution >= 4 is 11.9 Å². The van der Waals surface area contributed by atoms with Crippen molar-refractivity contribution in [1.82, 2.24) is 0 Å². The van der Waals surface area contributed by atoms with Crippen LogP contribution in [0.1, 0.15) is 156 Å². The summed E-state index contributed by atoms with van der Waals surface area (Å²) in [6, 6.07) is 0. The van der Waals surface area contributed by atoms with E-state index in [0.717, 1.165) is 32.1 Å². The van der Waals surface area contributed by atoms with Crippen LogP contribution in [-0.2, 0) is 19.1 Å². The second-order valence-corrected chi connectivity index (χ2v) is 9.71. The van der Waals surface area contributed by atoms with Crippen LogP contribution < -0.4 is 0 Å². The molecular formula is C29H56O4. The monoisotopic (exact) mass is 468 g/mol. The fraction of sp³-hybridized carbons (Fsp3) is 0.931. The molecular weight excluding hydrogens is 412 g/mol. The zero-order valence-corrected chi connectivity index (χ0v) is 22.5. The van der Waals surface area contributed by atoms with E-state index in [-0.39, 0.29) is 11.9 Å². The van der Waals surface area contributed by atoms with Crippen molar-refractivity contribution in [3.8, 4) is 0 Å². The Balaban J connectivity index is 3.26. The van der Waals surface area contributed by atoms with Crippen molar-refractivity contribution in [3.63, 3.8) is 0 Å². The number of hydrogen-bond donors (Lipinski definition) is 0. The first-order valence-corrected chi connectivity index (χ1v) is 14.4. The van der Waals surface area contributed by atoms with Crippen LogP contribution in [0.25, 0.3) is 0 Å². The number of unbranched alkanes of at least 4 members (excludes halogenated alkanes) is 15. The molecule has 196 valence electrons. The smallest absolute Gasteiger partial charge is 0.305 e. The van der Waals surface area contributed by atoms with E-state index < -0.39 is 0 Å². The van der Waals surface area contributed by atoms with E-state index in [1.165, 1.54) is 89.9 Å². The maximum Gasteiger partial charge on any atom is 0.305 e. The van der Waals surface area contributed by atoms with Gasteiger partial charge in [0.1, 0.15) is 0 Å². The molecule has 0 radical (unpaired) electrons. The minimum atomic E-state index is -0.0456. The van der Waals surface area contributed by atoms with Gasteiger partial charge in [0.25, 0.3) is 0 Å². The van der Waals surface area contributed by atoms with E-state index in [0.29, 0.717) is 32.0 Å². The lowest BCUT2D eigenvalue weighted by Crippen LogP contribution is -2.13. The fourth-order valence-corrected chi connectivity index (χ4v) is 4.25. The number of esters is 2. The molecule has 0 spiro atoms. The normalized spacial score (nSPS) is 12.0. The third kappa shape index (κ3) is 23.9. The lowest BCUT2D eigenvalue weighted by Gasteiger charge is -2.14. The van der Waals surface area contributed by atoms with E-state index in [1.807, 2.05) is 6.92 Å². The van der Waals surface area contributed by atoms with Gasteiger partial charge < -0.3 is 9.47 Å². The van der Waals surface area contributed by atoms with Crippen molar-refractivity contribution < 1.29 is 19.1 Å². The van der Waals surface area contributed by atoms with Crippen LogP contribution >= 0.6 is 0 Å². The van der Waals surface area contributed by atoms with Crippen molar-refractivity contribution in [2.24, 2.45) is 5.92 Å². The minimum Gasteiger partial charge on any atom is -0.466 e. The van der Waals surface area contributed by atoms with Gasteiger partial charge >= 0.3 is 11.9 Å². The Morgan fingerprint density at radius 3 is 1.30 bits per heavy atom. The zero-order valence-electron chi connectivity index (χ0n) is 22.5. The van der Waals surface area contributed by atoms with Gasteiger partial charge in [0.05, 0.1) is 13.2 Å². The Morgan fingerprint density at radius 2 is 0.939 bits per heavy atom. The summed E-state index contributed by atoms with van der Waals surface area (Å²) in [5.41, 5.74) is 0. The van der Waals surface area contributed by atoms with Gasteiger partial charge in [-0.2, -0.15) is 0 Å². The first-order chi connectivity index (χ1) is 16.1. The highest BCUT2D eigenvalue weighted by Gasteiger charge is 2.09. The van der Waals surface area contributed by atoms with Gasteiger partial charge in [-0.1, -0.05) is 117 Å². The molecule has 0 aliphatic carbocycles. The van der Waals surface area contributed by atoms with Crippen molar-refractivity contribution in [1.29, 1.82) is 0 Å². The Hall–Kier alpha value is -1.06. The average Bonchev–Trinajstić information content (AvgIpc) is 2.81. The molecule has 0 amide bonds. The zero-order chi connectivity index (χ0) is 24.4. The van der Waals surface area contributed by atoms with Crippen LogP contribution in [0.4, 0.5) is 0 Å². The van der Waals surface area contributed by atoms with Crippen molar-refractivity contribution in [2.75, 3.05) is 13.2 Å². The second-order valence-electron chi connectivity index (χ2n) is 9.71. The number of ether oxygens (including phenoxy) is 2. The molecule has 0 bridgehead atoms. The predicted octanol–water partition coefficient (Wildman–Crippen LogP) is 8.94. The van der Waals surface area contributed by atoms with Gasteiger partial charge in [-0.25, -0.2) is 0 Å². The topological polar surface area (TPSA) is 52.6 Å². The minimum absolute atomic E-state index is 0.00150. The third-order valence-electron chi connectivity index (χ3n) is 6.59. The Bertz CT molecular complexity index is 435. The number of rotatable bonds is 25. The Morgan fingerprint density at radius 1 is 0.545 bits per heavy atom. The SMILES string of the molecule is CCCCC(CC)COC(=O)CCCCCCCCCCCCCCCCCC(=O)OCC. The Labute approximate surface area is 206 Å². The van der Waals surface area contributed by atoms with Crippen LogP contribution in [0.5, 0.6) is 0 Å². The highest BCUT2D eigenvalue weighted by Crippen LogP contribution is 2.15. The highest BCUT2D eigenvalue weighted by atomic mass is 16.5. The van der Waals surface area contributed by atoms with Crippen LogP contribution in [-0.4, -0.2) is 25.2 Å². The summed E-state index contributed by atoms with van der Waals surface area (Å²) in [7, 11) is 0. The molecule has 4 nitrogen and oxygen atoms in total. The largest absolute Gasteiger partial charge is 0.466 e. The quantitative estimate of drug-likeness (QED) is 0.0991. The molecule has 0 aromatic heterocycles. The van der Waals surface area contributed by atoms with E-state index in [2.05, 4.69) is 13.8 Å². The van der Waals surface area contributed by atoms with Crippen LogP contribution in [0.3, 0.4) is 0 Å². The molecule has 0 aromatic rings. The second kappa shape index (κ2) is 25.6. The summed E-state index contributed by atoms with van der Waals surface area (Å²) in [4.78, 5) is 23.1. The van der Waals surface area contributed by atoms with E-state index in [9.17, 15) is 9.59 Å². The summed E-state index contributed by atoms with van der Waals surface area (Å²) in [6.45, 7) is 7.37. The molecule has 1 unspecified atom stereocenters. The average molecular weight is 469 g/mol. The fourth-order valence-electron chi connectivity index (χ4n) is 4.25. The van der Waals surface area contributed by atoms with E-state index in [4.69, 9.17) is 9.47 Å². The van der Waals surface area contributed by atoms with E-state index in [1.54, 1.807) is 0 Å². The van der Waals surface area contributed by atoms with Crippen molar-refractivity contribution in [2.45, 2.75) is 156 Å². The first kappa shape index (κ1) is 31.9.